The van der Waals surface area contributed by atoms with Crippen LogP contribution in [0.3, 0.4) is 0 Å². The molecule has 3 heterocycles. The fourth-order valence-electron chi connectivity index (χ4n) is 4.14. The molecule has 0 saturated carbocycles. The number of benzene rings is 1. The summed E-state index contributed by atoms with van der Waals surface area (Å²) in [4.78, 5) is 25.7. The molecule has 9 heteroatoms. The molecule has 0 aliphatic carbocycles. The standard InChI is InChI=1S/C22H30N2O7/c1-11-9-7-8-10-13(11)24-18(25)12(2)23-19(26)16-14-15(29-21(3,4)28-14)17-20(27-16)31-22(5,6)30-17/h7-10,12,14-17,20H,1-6H3,(H,23,26)(H,24,25)/t12-,14+,15-,16-,17+,20+/m0/s1. The number of rotatable bonds is 4. The third kappa shape index (κ3) is 4.47. The van der Waals surface area contributed by atoms with Gasteiger partial charge in [-0.2, -0.15) is 0 Å². The fraction of sp³-hybridized carbons (Fsp3) is 0.636. The molecule has 1 aromatic rings. The molecule has 1 aromatic carbocycles. The lowest BCUT2D eigenvalue weighted by atomic mass is 9.98. The van der Waals surface area contributed by atoms with Gasteiger partial charge in [0.15, 0.2) is 24.0 Å². The second kappa shape index (κ2) is 7.83. The highest BCUT2D eigenvalue weighted by Gasteiger charge is 2.62. The van der Waals surface area contributed by atoms with Gasteiger partial charge in [0.25, 0.3) is 5.91 Å². The zero-order chi connectivity index (χ0) is 22.6. The second-order valence-corrected chi connectivity index (χ2v) is 9.12. The van der Waals surface area contributed by atoms with Crippen molar-refractivity contribution in [1.82, 2.24) is 5.32 Å². The van der Waals surface area contributed by atoms with Crippen molar-refractivity contribution >= 4 is 17.5 Å². The topological polar surface area (TPSA) is 104 Å². The average molecular weight is 434 g/mol. The number of nitrogens with one attached hydrogen (secondary N) is 2. The number of fused-ring (bicyclic) bond motifs is 3. The first-order valence-electron chi connectivity index (χ1n) is 10.5. The van der Waals surface area contributed by atoms with Crippen LogP contribution in [-0.2, 0) is 33.3 Å². The number of carbonyl (C=O) groups is 2. The molecule has 3 saturated heterocycles. The first-order chi connectivity index (χ1) is 14.5. The van der Waals surface area contributed by atoms with Gasteiger partial charge in [0, 0.05) is 5.69 Å². The smallest absolute Gasteiger partial charge is 0.252 e. The molecule has 2 N–H and O–H groups in total. The van der Waals surface area contributed by atoms with Gasteiger partial charge in [-0.3, -0.25) is 9.59 Å². The molecule has 0 aromatic heterocycles. The molecule has 0 spiro atoms. The first kappa shape index (κ1) is 22.2. The van der Waals surface area contributed by atoms with Crippen molar-refractivity contribution in [3.63, 3.8) is 0 Å². The Kier molecular flexibility index (Phi) is 5.60. The van der Waals surface area contributed by atoms with Crippen molar-refractivity contribution < 1.29 is 33.3 Å². The van der Waals surface area contributed by atoms with E-state index in [0.29, 0.717) is 5.69 Å². The number of ether oxygens (including phenoxy) is 5. The Hall–Kier alpha value is -2.04. The van der Waals surface area contributed by atoms with Gasteiger partial charge in [-0.25, -0.2) is 0 Å². The van der Waals surface area contributed by atoms with Gasteiger partial charge in [-0.1, -0.05) is 18.2 Å². The Labute approximate surface area is 181 Å². The Balaban J connectivity index is 1.46. The van der Waals surface area contributed by atoms with Crippen LogP contribution < -0.4 is 10.6 Å². The summed E-state index contributed by atoms with van der Waals surface area (Å²) in [6, 6.07) is 6.64. The molecule has 9 nitrogen and oxygen atoms in total. The summed E-state index contributed by atoms with van der Waals surface area (Å²) >= 11 is 0. The molecule has 2 amide bonds. The number of anilines is 1. The van der Waals surface area contributed by atoms with E-state index in [-0.39, 0.29) is 5.91 Å². The summed E-state index contributed by atoms with van der Waals surface area (Å²) in [6.45, 7) is 10.6. The predicted octanol–water partition coefficient (Wildman–Crippen LogP) is 1.83. The number of hydrogen-bond acceptors (Lipinski definition) is 7. The van der Waals surface area contributed by atoms with Crippen molar-refractivity contribution in [1.29, 1.82) is 0 Å². The summed E-state index contributed by atoms with van der Waals surface area (Å²) in [6.07, 6.45) is -3.55. The van der Waals surface area contributed by atoms with E-state index in [4.69, 9.17) is 23.7 Å². The van der Waals surface area contributed by atoms with E-state index in [9.17, 15) is 9.59 Å². The zero-order valence-corrected chi connectivity index (χ0v) is 18.6. The van der Waals surface area contributed by atoms with E-state index >= 15 is 0 Å². The maximum absolute atomic E-state index is 13.1. The molecular weight excluding hydrogens is 404 g/mol. The summed E-state index contributed by atoms with van der Waals surface area (Å²) < 4.78 is 29.7. The van der Waals surface area contributed by atoms with Gasteiger partial charge in [0.1, 0.15) is 24.4 Å². The van der Waals surface area contributed by atoms with Crippen LogP contribution in [0.4, 0.5) is 5.69 Å². The molecule has 0 radical (unpaired) electrons. The van der Waals surface area contributed by atoms with E-state index in [1.54, 1.807) is 34.6 Å². The lowest BCUT2D eigenvalue weighted by molar-refractivity contribution is -0.231. The lowest BCUT2D eigenvalue weighted by Gasteiger charge is -2.36. The van der Waals surface area contributed by atoms with Crippen LogP contribution in [0.2, 0.25) is 0 Å². The highest BCUT2D eigenvalue weighted by molar-refractivity contribution is 5.98. The van der Waals surface area contributed by atoms with Crippen LogP contribution in [0, 0.1) is 6.92 Å². The fourth-order valence-corrected chi connectivity index (χ4v) is 4.14. The minimum absolute atomic E-state index is 0.335. The minimum Gasteiger partial charge on any atom is -0.342 e. The average Bonchev–Trinajstić information content (AvgIpc) is 3.16. The molecule has 3 fully saturated rings. The molecule has 3 aliphatic heterocycles. The maximum atomic E-state index is 13.1. The molecule has 0 unspecified atom stereocenters. The normalized spacial score (nSPS) is 33.8. The first-order valence-corrected chi connectivity index (χ1v) is 10.5. The van der Waals surface area contributed by atoms with Gasteiger partial charge in [-0.05, 0) is 53.2 Å². The number of carbonyl (C=O) groups excluding carboxylic acids is 2. The van der Waals surface area contributed by atoms with Crippen molar-refractivity contribution in [2.45, 2.75) is 89.9 Å². The van der Waals surface area contributed by atoms with Gasteiger partial charge in [0.2, 0.25) is 5.91 Å². The molecule has 4 rings (SSSR count). The van der Waals surface area contributed by atoms with Crippen molar-refractivity contribution in [3.05, 3.63) is 29.8 Å². The Morgan fingerprint density at radius 2 is 1.55 bits per heavy atom. The highest BCUT2D eigenvalue weighted by atomic mass is 16.9. The third-order valence-corrected chi connectivity index (χ3v) is 5.57. The summed E-state index contributed by atoms with van der Waals surface area (Å²) in [5.41, 5.74) is 1.62. The molecular formula is C22H30N2O7. The summed E-state index contributed by atoms with van der Waals surface area (Å²) in [7, 11) is 0. The summed E-state index contributed by atoms with van der Waals surface area (Å²) in [5.74, 6) is -2.59. The van der Waals surface area contributed by atoms with Gasteiger partial charge in [-0.15, -0.1) is 0 Å². The highest BCUT2D eigenvalue weighted by Crippen LogP contribution is 2.44. The molecule has 170 valence electrons. The van der Waals surface area contributed by atoms with Crippen LogP contribution >= 0.6 is 0 Å². The number of hydrogen-bond donors (Lipinski definition) is 2. The predicted molar refractivity (Wildman–Crippen MR) is 110 cm³/mol. The third-order valence-electron chi connectivity index (χ3n) is 5.57. The monoisotopic (exact) mass is 434 g/mol. The van der Waals surface area contributed by atoms with Crippen LogP contribution in [-0.4, -0.2) is 60.1 Å². The Bertz CT molecular complexity index is 871. The van der Waals surface area contributed by atoms with Crippen molar-refractivity contribution in [2.24, 2.45) is 0 Å². The Morgan fingerprint density at radius 3 is 2.26 bits per heavy atom. The summed E-state index contributed by atoms with van der Waals surface area (Å²) in [5, 5.41) is 5.55. The molecule has 6 atom stereocenters. The van der Waals surface area contributed by atoms with Crippen LogP contribution in [0.25, 0.3) is 0 Å². The van der Waals surface area contributed by atoms with Crippen LogP contribution in [0.5, 0.6) is 0 Å². The van der Waals surface area contributed by atoms with E-state index in [0.717, 1.165) is 5.56 Å². The largest absolute Gasteiger partial charge is 0.342 e. The lowest BCUT2D eigenvalue weighted by Crippen LogP contribution is -2.60. The number of amides is 2. The quantitative estimate of drug-likeness (QED) is 0.745. The SMILES string of the molecule is Cc1ccccc1NC(=O)[C@H](C)NC(=O)[C@H]1O[C@@H]2OC(C)(C)O[C@@H]2[C@H]2OC(C)(C)O[C@H]21. The molecule has 31 heavy (non-hydrogen) atoms. The second-order valence-electron chi connectivity index (χ2n) is 9.12. The van der Waals surface area contributed by atoms with E-state index in [1.165, 1.54) is 0 Å². The van der Waals surface area contributed by atoms with Gasteiger partial charge >= 0.3 is 0 Å². The van der Waals surface area contributed by atoms with E-state index in [2.05, 4.69) is 10.6 Å². The maximum Gasteiger partial charge on any atom is 0.252 e. The molecule has 3 aliphatic rings. The Morgan fingerprint density at radius 1 is 0.935 bits per heavy atom. The van der Waals surface area contributed by atoms with E-state index in [1.807, 2.05) is 31.2 Å². The van der Waals surface area contributed by atoms with Crippen molar-refractivity contribution in [3.8, 4) is 0 Å². The number of para-hydroxylation sites is 1. The zero-order valence-electron chi connectivity index (χ0n) is 18.6. The van der Waals surface area contributed by atoms with Crippen molar-refractivity contribution in [2.75, 3.05) is 5.32 Å². The molecule has 0 bridgehead atoms. The van der Waals surface area contributed by atoms with E-state index < -0.39 is 54.2 Å². The van der Waals surface area contributed by atoms with Crippen LogP contribution in [0.1, 0.15) is 40.2 Å². The van der Waals surface area contributed by atoms with Crippen LogP contribution in [0.15, 0.2) is 24.3 Å². The van der Waals surface area contributed by atoms with Gasteiger partial charge in [0.05, 0.1) is 0 Å². The number of aryl methyl sites for hydroxylation is 1. The minimum atomic E-state index is -1.01. The van der Waals surface area contributed by atoms with Gasteiger partial charge < -0.3 is 34.3 Å².